The van der Waals surface area contributed by atoms with Crippen molar-refractivity contribution in [3.63, 3.8) is 0 Å². The Morgan fingerprint density at radius 3 is 0.897 bits per heavy atom. The number of anilines is 2. The summed E-state index contributed by atoms with van der Waals surface area (Å²) in [6.07, 6.45) is -11.6. The molecule has 4 aromatic rings. The topological polar surface area (TPSA) is 86.2 Å². The van der Waals surface area contributed by atoms with Crippen LogP contribution in [0.4, 0.5) is 37.7 Å². The van der Waals surface area contributed by atoms with Gasteiger partial charge in [-0.1, -0.05) is 48.5 Å². The van der Waals surface area contributed by atoms with Crippen LogP contribution in [0.3, 0.4) is 0 Å². The minimum Gasteiger partial charge on any atom is -0.399 e. The first-order chi connectivity index (χ1) is 18.3. The van der Waals surface area contributed by atoms with E-state index in [1.54, 1.807) is 0 Å². The maximum Gasteiger partial charge on any atom is 0.411 e. The van der Waals surface area contributed by atoms with Gasteiger partial charge in [0.2, 0.25) is 5.41 Å². The monoisotopic (exact) mass is 542 g/mol. The van der Waals surface area contributed by atoms with Gasteiger partial charge in [0.05, 0.1) is 0 Å². The highest BCUT2D eigenvalue weighted by Crippen LogP contribution is 2.56. The Morgan fingerprint density at radius 1 is 0.436 bits per heavy atom. The molecule has 0 atom stereocenters. The molecule has 4 rings (SSSR count). The quantitative estimate of drug-likeness (QED) is 0.161. The average Bonchev–Trinajstić information content (AvgIpc) is 2.88. The number of hydrogen-bond donors (Lipinski definition) is 2. The second-order valence-corrected chi connectivity index (χ2v) is 8.80. The Balaban J connectivity index is 1.78. The van der Waals surface area contributed by atoms with Crippen LogP contribution in [-0.2, 0) is 5.41 Å². The Labute approximate surface area is 218 Å². The molecule has 4 nitrogen and oxygen atoms in total. The maximum atomic E-state index is 14.5. The van der Waals surface area contributed by atoms with E-state index in [4.69, 9.17) is 11.5 Å². The van der Waals surface area contributed by atoms with Crippen molar-refractivity contribution < 1.29 is 35.9 Å². The predicted octanol–water partition coefficient (Wildman–Crippen LogP) is 6.72. The zero-order chi connectivity index (χ0) is 28.6. The number of alkyl halides is 6. The number of nitrogens with two attached hydrogens (primary N) is 2. The molecule has 0 saturated carbocycles. The first-order valence-electron chi connectivity index (χ1n) is 11.4. The van der Waals surface area contributed by atoms with Crippen molar-refractivity contribution in [1.82, 2.24) is 0 Å². The van der Waals surface area contributed by atoms with E-state index in [9.17, 15) is 35.9 Å². The zero-order valence-corrected chi connectivity index (χ0v) is 20.0. The summed E-state index contributed by atoms with van der Waals surface area (Å²) in [5, 5.41) is 0. The summed E-state index contributed by atoms with van der Waals surface area (Å²) in [6, 6.07) is 17.6. The molecular weight excluding hydrogens is 522 g/mol. The molecule has 0 spiro atoms. The molecule has 4 aromatic carbocycles. The first-order valence-corrected chi connectivity index (χ1v) is 11.4. The fourth-order valence-electron chi connectivity index (χ4n) is 4.33. The van der Waals surface area contributed by atoms with Crippen LogP contribution in [0.5, 0.6) is 0 Å². The number of hydrogen-bond acceptors (Lipinski definition) is 4. The summed E-state index contributed by atoms with van der Waals surface area (Å²) in [4.78, 5) is 25.4. The van der Waals surface area contributed by atoms with E-state index in [0.29, 0.717) is 35.6 Å². The van der Waals surface area contributed by atoms with Crippen molar-refractivity contribution in [3.8, 4) is 0 Å². The molecule has 0 aromatic heterocycles. The van der Waals surface area contributed by atoms with Gasteiger partial charge in [-0.3, -0.25) is 9.59 Å². The van der Waals surface area contributed by atoms with Gasteiger partial charge < -0.3 is 11.5 Å². The van der Waals surface area contributed by atoms with Crippen molar-refractivity contribution in [2.24, 2.45) is 0 Å². The number of nitrogen functional groups attached to an aromatic ring is 2. The van der Waals surface area contributed by atoms with E-state index in [0.717, 1.165) is 24.3 Å². The summed E-state index contributed by atoms with van der Waals surface area (Å²) in [7, 11) is 0. The number of carbonyl (C=O) groups excluding carboxylic acids is 2. The number of benzene rings is 4. The standard InChI is InChI=1S/C29H20F6N2O2/c30-28(31,32)27(29(33,34)35,21-9-1-17(2-10-21)25(38)19-5-13-23(36)14-6-19)22-11-3-18(4-12-22)26(39)20-7-15-24(37)16-8-20/h1-16H,36-37H2. The second-order valence-electron chi connectivity index (χ2n) is 8.80. The minimum atomic E-state index is -5.82. The van der Waals surface area contributed by atoms with Crippen LogP contribution in [0.25, 0.3) is 0 Å². The van der Waals surface area contributed by atoms with Gasteiger partial charge in [-0.05, 0) is 59.7 Å². The van der Waals surface area contributed by atoms with Gasteiger partial charge >= 0.3 is 12.4 Å². The molecule has 0 bridgehead atoms. The summed E-state index contributed by atoms with van der Waals surface area (Å²) >= 11 is 0. The van der Waals surface area contributed by atoms with Crippen molar-refractivity contribution in [2.45, 2.75) is 17.8 Å². The number of rotatable bonds is 6. The van der Waals surface area contributed by atoms with E-state index in [1.807, 2.05) is 0 Å². The van der Waals surface area contributed by atoms with Gasteiger partial charge in [0.1, 0.15) is 0 Å². The lowest BCUT2D eigenvalue weighted by molar-refractivity contribution is -0.288. The highest BCUT2D eigenvalue weighted by atomic mass is 19.4. The van der Waals surface area contributed by atoms with Gasteiger partial charge in [0, 0.05) is 33.6 Å². The first kappa shape index (κ1) is 27.4. The summed E-state index contributed by atoms with van der Waals surface area (Å²) < 4.78 is 86.9. The number of ketones is 2. The molecule has 10 heteroatoms. The van der Waals surface area contributed by atoms with E-state index in [-0.39, 0.29) is 22.3 Å². The van der Waals surface area contributed by atoms with Gasteiger partial charge in [-0.15, -0.1) is 0 Å². The third kappa shape index (κ3) is 4.97. The van der Waals surface area contributed by atoms with Crippen LogP contribution < -0.4 is 11.5 Å². The summed E-state index contributed by atoms with van der Waals surface area (Å²) in [6.45, 7) is 0. The highest BCUT2D eigenvalue weighted by molar-refractivity contribution is 6.09. The van der Waals surface area contributed by atoms with Crippen LogP contribution >= 0.6 is 0 Å². The van der Waals surface area contributed by atoms with E-state index >= 15 is 0 Å². The Bertz CT molecular complexity index is 1370. The van der Waals surface area contributed by atoms with Crippen LogP contribution in [0.2, 0.25) is 0 Å². The fraction of sp³-hybridized carbons (Fsp3) is 0.103. The SMILES string of the molecule is Nc1ccc(C(=O)c2ccc(C(c3ccc(C(=O)c4ccc(N)cc4)cc3)(C(F)(F)F)C(F)(F)F)cc2)cc1. The molecule has 4 N–H and O–H groups in total. The lowest BCUT2D eigenvalue weighted by atomic mass is 9.72. The van der Waals surface area contributed by atoms with Crippen molar-refractivity contribution in [1.29, 1.82) is 0 Å². The third-order valence-electron chi connectivity index (χ3n) is 6.36. The van der Waals surface area contributed by atoms with E-state index in [1.165, 1.54) is 48.5 Å². The largest absolute Gasteiger partial charge is 0.411 e. The Hall–Kier alpha value is -4.60. The molecule has 0 fully saturated rings. The lowest BCUT2D eigenvalue weighted by Crippen LogP contribution is -2.54. The summed E-state index contributed by atoms with van der Waals surface area (Å²) in [5.74, 6) is -1.20. The van der Waals surface area contributed by atoms with Gasteiger partial charge in [0.15, 0.2) is 11.6 Å². The molecule has 0 unspecified atom stereocenters. The second kappa shape index (κ2) is 9.94. The molecule has 0 radical (unpaired) electrons. The Kier molecular flexibility index (Phi) is 6.99. The molecule has 39 heavy (non-hydrogen) atoms. The van der Waals surface area contributed by atoms with Crippen LogP contribution in [0.15, 0.2) is 97.1 Å². The van der Waals surface area contributed by atoms with Gasteiger partial charge in [-0.25, -0.2) is 0 Å². The predicted molar refractivity (Wildman–Crippen MR) is 134 cm³/mol. The van der Waals surface area contributed by atoms with Gasteiger partial charge in [-0.2, -0.15) is 26.3 Å². The lowest BCUT2D eigenvalue weighted by Gasteiger charge is -2.38. The molecule has 0 aliphatic carbocycles. The molecule has 0 aliphatic rings. The fourth-order valence-corrected chi connectivity index (χ4v) is 4.33. The van der Waals surface area contributed by atoms with Crippen molar-refractivity contribution >= 4 is 22.9 Å². The van der Waals surface area contributed by atoms with Crippen LogP contribution in [0, 0.1) is 0 Å². The molecule has 0 aliphatic heterocycles. The van der Waals surface area contributed by atoms with E-state index < -0.39 is 40.5 Å². The molecule has 0 amide bonds. The molecule has 0 heterocycles. The normalized spacial score (nSPS) is 12.3. The highest BCUT2D eigenvalue weighted by Gasteiger charge is 2.72. The van der Waals surface area contributed by atoms with Crippen molar-refractivity contribution in [2.75, 3.05) is 11.5 Å². The smallest absolute Gasteiger partial charge is 0.399 e. The maximum absolute atomic E-state index is 14.5. The zero-order valence-electron chi connectivity index (χ0n) is 20.0. The van der Waals surface area contributed by atoms with Crippen molar-refractivity contribution in [3.05, 3.63) is 130 Å². The molecular formula is C29H20F6N2O2. The number of carbonyl (C=O) groups is 2. The van der Waals surface area contributed by atoms with Crippen LogP contribution in [0.1, 0.15) is 43.0 Å². The molecule has 0 saturated heterocycles. The minimum absolute atomic E-state index is 0.105. The number of halogens is 6. The Morgan fingerprint density at radius 2 is 0.667 bits per heavy atom. The summed E-state index contributed by atoms with van der Waals surface area (Å²) in [5.41, 5.74) is 5.35. The molecule has 200 valence electrons. The average molecular weight is 542 g/mol. The third-order valence-corrected chi connectivity index (χ3v) is 6.36. The van der Waals surface area contributed by atoms with Gasteiger partial charge in [0.25, 0.3) is 0 Å². The van der Waals surface area contributed by atoms with Crippen LogP contribution in [-0.4, -0.2) is 23.9 Å². The van der Waals surface area contributed by atoms with E-state index in [2.05, 4.69) is 0 Å².